The molecule has 3 rings (SSSR count). The van der Waals surface area contributed by atoms with Crippen LogP contribution in [0.3, 0.4) is 0 Å². The molecule has 8 heteroatoms. The Morgan fingerprint density at radius 1 is 0.875 bits per heavy atom. The number of aryl methyl sites for hydroxylation is 2. The molecule has 2 atom stereocenters. The second-order valence-electron chi connectivity index (χ2n) is 10.2. The summed E-state index contributed by atoms with van der Waals surface area (Å²) in [6, 6.07) is 22.6. The van der Waals surface area contributed by atoms with Gasteiger partial charge in [-0.05, 0) is 69.4 Å². The summed E-state index contributed by atoms with van der Waals surface area (Å²) in [4.78, 5) is 29.1. The van der Waals surface area contributed by atoms with Crippen LogP contribution in [0.5, 0.6) is 0 Å². The van der Waals surface area contributed by atoms with E-state index in [0.717, 1.165) is 23.1 Å². The van der Waals surface area contributed by atoms with Crippen LogP contribution in [0.2, 0.25) is 0 Å². The number of hydrogen-bond acceptors (Lipinski definition) is 4. The number of carbonyl (C=O) groups is 2. The van der Waals surface area contributed by atoms with Gasteiger partial charge in [0.05, 0.1) is 10.6 Å². The Morgan fingerprint density at radius 2 is 1.50 bits per heavy atom. The Labute approximate surface area is 239 Å². The summed E-state index contributed by atoms with van der Waals surface area (Å²) in [5, 5.41) is 3.01. The smallest absolute Gasteiger partial charge is 0.264 e. The van der Waals surface area contributed by atoms with Crippen molar-refractivity contribution in [3.05, 3.63) is 95.6 Å². The highest BCUT2D eigenvalue weighted by atomic mass is 32.2. The number of amides is 2. The first-order chi connectivity index (χ1) is 19.1. The lowest BCUT2D eigenvalue weighted by Gasteiger charge is -2.34. The van der Waals surface area contributed by atoms with Gasteiger partial charge in [-0.1, -0.05) is 80.1 Å². The van der Waals surface area contributed by atoms with Gasteiger partial charge in [0.25, 0.3) is 10.0 Å². The van der Waals surface area contributed by atoms with E-state index < -0.39 is 28.5 Å². The zero-order chi connectivity index (χ0) is 29.3. The number of carbonyl (C=O) groups excluding carboxylic acids is 2. The third kappa shape index (κ3) is 7.72. The minimum absolute atomic E-state index is 0.0437. The second kappa shape index (κ2) is 14.1. The van der Waals surface area contributed by atoms with E-state index in [1.165, 1.54) is 16.4 Å². The van der Waals surface area contributed by atoms with E-state index in [4.69, 9.17) is 0 Å². The molecule has 0 aliphatic rings. The monoisotopic (exact) mass is 563 g/mol. The van der Waals surface area contributed by atoms with Crippen molar-refractivity contribution >= 4 is 27.5 Å². The topological polar surface area (TPSA) is 86.8 Å². The standard InChI is InChI=1S/C32H41N3O4S/c1-6-26(5)33-32(37)29(7-2)34(21-20-27-14-10-8-11-15-27)31(36)23-35(30-19-18-24(3)22-25(30)4)40(38,39)28-16-12-9-13-17-28/h8-19,22,26,29H,6-7,20-21,23H2,1-5H3,(H,33,37)/t26-,29+/m0/s1. The van der Waals surface area contributed by atoms with Crippen LogP contribution in [0, 0.1) is 13.8 Å². The molecule has 0 fully saturated rings. The van der Waals surface area contributed by atoms with Crippen molar-refractivity contribution in [2.75, 3.05) is 17.4 Å². The fraction of sp³-hybridized carbons (Fsp3) is 0.375. The lowest BCUT2D eigenvalue weighted by atomic mass is 10.1. The molecule has 3 aromatic carbocycles. The van der Waals surface area contributed by atoms with Crippen LogP contribution in [-0.4, -0.2) is 50.3 Å². The van der Waals surface area contributed by atoms with Crippen molar-refractivity contribution in [2.45, 2.75) is 70.9 Å². The maximum absolute atomic E-state index is 14.1. The molecule has 0 saturated heterocycles. The maximum Gasteiger partial charge on any atom is 0.264 e. The summed E-state index contributed by atoms with van der Waals surface area (Å²) in [6.45, 7) is 9.40. The molecular weight excluding hydrogens is 522 g/mol. The van der Waals surface area contributed by atoms with Gasteiger partial charge < -0.3 is 10.2 Å². The number of hydrogen-bond donors (Lipinski definition) is 1. The van der Waals surface area contributed by atoms with Crippen molar-refractivity contribution in [3.8, 4) is 0 Å². The fourth-order valence-electron chi connectivity index (χ4n) is 4.66. The lowest BCUT2D eigenvalue weighted by molar-refractivity contribution is -0.139. The van der Waals surface area contributed by atoms with Crippen molar-refractivity contribution < 1.29 is 18.0 Å². The molecule has 40 heavy (non-hydrogen) atoms. The van der Waals surface area contributed by atoms with E-state index in [0.29, 0.717) is 18.5 Å². The lowest BCUT2D eigenvalue weighted by Crippen LogP contribution is -2.54. The van der Waals surface area contributed by atoms with Crippen LogP contribution in [0.25, 0.3) is 0 Å². The van der Waals surface area contributed by atoms with Crippen LogP contribution in [0.1, 0.15) is 50.3 Å². The molecule has 3 aromatic rings. The third-order valence-electron chi connectivity index (χ3n) is 7.10. The molecule has 0 aliphatic carbocycles. The van der Waals surface area contributed by atoms with Crippen LogP contribution < -0.4 is 9.62 Å². The van der Waals surface area contributed by atoms with E-state index in [2.05, 4.69) is 5.32 Å². The van der Waals surface area contributed by atoms with E-state index in [1.807, 2.05) is 77.1 Å². The van der Waals surface area contributed by atoms with Gasteiger partial charge in [0, 0.05) is 12.6 Å². The number of anilines is 1. The quantitative estimate of drug-likeness (QED) is 0.307. The van der Waals surface area contributed by atoms with Crippen molar-refractivity contribution in [1.29, 1.82) is 0 Å². The van der Waals surface area contributed by atoms with Gasteiger partial charge in [-0.15, -0.1) is 0 Å². The minimum Gasteiger partial charge on any atom is -0.352 e. The first-order valence-electron chi connectivity index (χ1n) is 13.9. The van der Waals surface area contributed by atoms with Crippen LogP contribution in [-0.2, 0) is 26.0 Å². The van der Waals surface area contributed by atoms with Crippen LogP contribution in [0.4, 0.5) is 5.69 Å². The average Bonchev–Trinajstić information content (AvgIpc) is 2.95. The first-order valence-corrected chi connectivity index (χ1v) is 15.3. The van der Waals surface area contributed by atoms with E-state index in [-0.39, 0.29) is 23.4 Å². The Morgan fingerprint density at radius 3 is 2.08 bits per heavy atom. The molecule has 1 N–H and O–H groups in total. The van der Waals surface area contributed by atoms with Gasteiger partial charge in [0.15, 0.2) is 0 Å². The number of nitrogens with zero attached hydrogens (tertiary/aromatic N) is 2. The summed E-state index contributed by atoms with van der Waals surface area (Å²) in [6.07, 6.45) is 1.70. The summed E-state index contributed by atoms with van der Waals surface area (Å²) in [5.74, 6) is -0.663. The van der Waals surface area contributed by atoms with Gasteiger partial charge in [0.2, 0.25) is 11.8 Å². The minimum atomic E-state index is -4.08. The van der Waals surface area contributed by atoms with Crippen molar-refractivity contribution in [1.82, 2.24) is 10.2 Å². The van der Waals surface area contributed by atoms with Gasteiger partial charge >= 0.3 is 0 Å². The molecule has 2 amide bonds. The highest BCUT2D eigenvalue weighted by molar-refractivity contribution is 7.92. The summed E-state index contributed by atoms with van der Waals surface area (Å²) < 4.78 is 29.1. The number of rotatable bonds is 13. The van der Waals surface area contributed by atoms with E-state index >= 15 is 0 Å². The zero-order valence-corrected chi connectivity index (χ0v) is 24.9. The largest absolute Gasteiger partial charge is 0.352 e. The van der Waals surface area contributed by atoms with Gasteiger partial charge in [-0.3, -0.25) is 13.9 Å². The molecule has 0 spiro atoms. The Hall–Kier alpha value is -3.65. The maximum atomic E-state index is 14.1. The molecule has 0 aromatic heterocycles. The Balaban J connectivity index is 2.03. The normalized spacial score (nSPS) is 12.8. The molecule has 0 bridgehead atoms. The van der Waals surface area contributed by atoms with Crippen LogP contribution in [0.15, 0.2) is 83.8 Å². The van der Waals surface area contributed by atoms with E-state index in [1.54, 1.807) is 29.2 Å². The molecule has 0 saturated carbocycles. The average molecular weight is 564 g/mol. The van der Waals surface area contributed by atoms with E-state index in [9.17, 15) is 18.0 Å². The van der Waals surface area contributed by atoms with Gasteiger partial charge in [-0.25, -0.2) is 8.42 Å². The molecule has 7 nitrogen and oxygen atoms in total. The second-order valence-corrected chi connectivity index (χ2v) is 12.0. The highest BCUT2D eigenvalue weighted by Gasteiger charge is 2.34. The first kappa shape index (κ1) is 30.9. The summed E-state index contributed by atoms with van der Waals surface area (Å²) >= 11 is 0. The number of sulfonamides is 1. The molecule has 0 heterocycles. The van der Waals surface area contributed by atoms with Gasteiger partial charge in [0.1, 0.15) is 12.6 Å². The molecular formula is C32H41N3O4S. The summed E-state index contributed by atoms with van der Waals surface area (Å²) in [5.41, 5.74) is 3.19. The predicted octanol–water partition coefficient (Wildman–Crippen LogP) is 5.26. The Kier molecular flexibility index (Phi) is 10.9. The molecule has 0 radical (unpaired) electrons. The third-order valence-corrected chi connectivity index (χ3v) is 8.88. The van der Waals surface area contributed by atoms with Crippen molar-refractivity contribution in [3.63, 3.8) is 0 Å². The predicted molar refractivity (Wildman–Crippen MR) is 161 cm³/mol. The zero-order valence-electron chi connectivity index (χ0n) is 24.1. The highest BCUT2D eigenvalue weighted by Crippen LogP contribution is 2.28. The fourth-order valence-corrected chi connectivity index (χ4v) is 6.15. The molecule has 0 aliphatic heterocycles. The SMILES string of the molecule is CC[C@H](C(=O)N[C@@H](C)CC)N(CCc1ccccc1)C(=O)CN(c1ccc(C)cc1C)S(=O)(=O)c1ccccc1. The van der Waals surface area contributed by atoms with Crippen molar-refractivity contribution in [2.24, 2.45) is 0 Å². The Bertz CT molecular complexity index is 1380. The van der Waals surface area contributed by atoms with Gasteiger partial charge in [-0.2, -0.15) is 0 Å². The van der Waals surface area contributed by atoms with Crippen LogP contribution >= 0.6 is 0 Å². The molecule has 0 unspecified atom stereocenters. The summed E-state index contributed by atoms with van der Waals surface area (Å²) in [7, 11) is -4.08. The number of nitrogens with one attached hydrogen (secondary N) is 1. The number of benzene rings is 3. The molecule has 214 valence electrons.